The van der Waals surface area contributed by atoms with Crippen molar-refractivity contribution < 1.29 is 14.0 Å². The van der Waals surface area contributed by atoms with Crippen molar-refractivity contribution in [3.05, 3.63) is 29.8 Å². The molecule has 0 spiro atoms. The van der Waals surface area contributed by atoms with Crippen LogP contribution in [0.25, 0.3) is 0 Å². The van der Waals surface area contributed by atoms with Crippen LogP contribution in [-0.4, -0.2) is 35.6 Å². The highest BCUT2D eigenvalue weighted by atomic mass is 35.5. The van der Waals surface area contributed by atoms with E-state index in [1.165, 1.54) is 0 Å². The predicted molar refractivity (Wildman–Crippen MR) is 78.9 cm³/mol. The lowest BCUT2D eigenvalue weighted by Gasteiger charge is -2.16. The molecule has 1 heterocycles. The minimum atomic E-state index is -2.05. The molecule has 1 aromatic carbocycles. The molecule has 1 fully saturated rings. The van der Waals surface area contributed by atoms with Gasteiger partial charge in [-0.05, 0) is 30.5 Å². The number of likely N-dealkylation sites (tertiary alicyclic amines) is 1. The third kappa shape index (κ3) is 4.60. The molecule has 1 aromatic rings. The summed E-state index contributed by atoms with van der Waals surface area (Å²) in [6.45, 7) is 1.70. The highest BCUT2D eigenvalue weighted by molar-refractivity contribution is 6.29. The molecular formula is C14H17ClFN3O2. The molecule has 0 aliphatic carbocycles. The van der Waals surface area contributed by atoms with Crippen LogP contribution in [-0.2, 0) is 11.3 Å². The highest BCUT2D eigenvalue weighted by Gasteiger charge is 2.17. The largest absolute Gasteiger partial charge is 0.348 e. The summed E-state index contributed by atoms with van der Waals surface area (Å²) in [6.07, 6.45) is 2.06. The molecule has 21 heavy (non-hydrogen) atoms. The molecule has 114 valence electrons. The molecule has 0 bridgehead atoms. The minimum absolute atomic E-state index is 0.127. The van der Waals surface area contributed by atoms with E-state index in [4.69, 9.17) is 11.6 Å². The van der Waals surface area contributed by atoms with Crippen molar-refractivity contribution in [3.63, 3.8) is 0 Å². The first-order chi connectivity index (χ1) is 10.1. The number of nitrogens with one attached hydrogen (secondary N) is 2. The van der Waals surface area contributed by atoms with Crippen LogP contribution in [0.1, 0.15) is 18.4 Å². The number of anilines is 1. The van der Waals surface area contributed by atoms with E-state index in [2.05, 4.69) is 10.6 Å². The van der Waals surface area contributed by atoms with E-state index in [-0.39, 0.29) is 12.6 Å². The number of alkyl halides is 2. The van der Waals surface area contributed by atoms with Crippen molar-refractivity contribution in [1.29, 1.82) is 0 Å². The second-order valence-corrected chi connectivity index (χ2v) is 5.23. The Morgan fingerprint density at radius 1 is 1.33 bits per heavy atom. The zero-order valence-corrected chi connectivity index (χ0v) is 12.2. The summed E-state index contributed by atoms with van der Waals surface area (Å²) >= 11 is 5.03. The van der Waals surface area contributed by atoms with Gasteiger partial charge in [0, 0.05) is 25.3 Å². The standard InChI is InChI=1S/C14H17ClFN3O2/c15-12(16)13(20)17-9-10-4-3-5-11(8-10)18-14(21)19-6-1-2-7-19/h3-5,8,12H,1-2,6-7,9H2,(H,17,20)(H,18,21). The number of benzene rings is 1. The van der Waals surface area contributed by atoms with Crippen LogP contribution in [0.4, 0.5) is 14.9 Å². The number of amides is 3. The molecule has 3 amide bonds. The van der Waals surface area contributed by atoms with Crippen LogP contribution in [0.2, 0.25) is 0 Å². The van der Waals surface area contributed by atoms with Gasteiger partial charge in [-0.25, -0.2) is 9.18 Å². The molecule has 7 heteroatoms. The SMILES string of the molecule is O=C(NCc1cccc(NC(=O)N2CCCC2)c1)C(F)Cl. The van der Waals surface area contributed by atoms with Gasteiger partial charge in [-0.1, -0.05) is 23.7 Å². The summed E-state index contributed by atoms with van der Waals surface area (Å²) in [5.74, 6) is -0.872. The number of hydrogen-bond acceptors (Lipinski definition) is 2. The number of carbonyl (C=O) groups is 2. The van der Waals surface area contributed by atoms with Crippen molar-refractivity contribution in [1.82, 2.24) is 10.2 Å². The molecule has 1 saturated heterocycles. The Bertz CT molecular complexity index is 519. The normalized spacial score (nSPS) is 15.6. The monoisotopic (exact) mass is 313 g/mol. The number of hydrogen-bond donors (Lipinski definition) is 2. The lowest BCUT2D eigenvalue weighted by Crippen LogP contribution is -2.32. The molecule has 1 aliphatic heterocycles. The fourth-order valence-corrected chi connectivity index (χ4v) is 2.23. The van der Waals surface area contributed by atoms with Gasteiger partial charge >= 0.3 is 6.03 Å². The molecule has 1 atom stereocenters. The topological polar surface area (TPSA) is 61.4 Å². The van der Waals surface area contributed by atoms with Gasteiger partial charge < -0.3 is 15.5 Å². The van der Waals surface area contributed by atoms with Crippen molar-refractivity contribution in [2.75, 3.05) is 18.4 Å². The summed E-state index contributed by atoms with van der Waals surface area (Å²) in [6, 6.07) is 6.90. The first kappa shape index (κ1) is 15.6. The molecule has 1 aliphatic rings. The molecule has 0 aromatic heterocycles. The maximum Gasteiger partial charge on any atom is 0.321 e. The maximum atomic E-state index is 12.5. The van der Waals surface area contributed by atoms with Crippen molar-refractivity contribution in [2.24, 2.45) is 0 Å². The zero-order chi connectivity index (χ0) is 15.2. The smallest absolute Gasteiger partial charge is 0.321 e. The zero-order valence-electron chi connectivity index (χ0n) is 11.4. The van der Waals surface area contributed by atoms with Crippen LogP contribution < -0.4 is 10.6 Å². The van der Waals surface area contributed by atoms with Gasteiger partial charge in [0.1, 0.15) is 0 Å². The molecule has 2 N–H and O–H groups in total. The summed E-state index contributed by atoms with van der Waals surface area (Å²) in [4.78, 5) is 24.8. The third-order valence-electron chi connectivity index (χ3n) is 3.24. The summed E-state index contributed by atoms with van der Waals surface area (Å²) in [5.41, 5.74) is -0.663. The Kier molecular flexibility index (Phi) is 5.38. The molecule has 2 rings (SSSR count). The lowest BCUT2D eigenvalue weighted by atomic mass is 10.2. The number of carbonyl (C=O) groups excluding carboxylic acids is 2. The van der Waals surface area contributed by atoms with E-state index in [1.807, 2.05) is 0 Å². The molecular weight excluding hydrogens is 297 g/mol. The fraction of sp³-hybridized carbons (Fsp3) is 0.429. The quantitative estimate of drug-likeness (QED) is 0.839. The van der Waals surface area contributed by atoms with E-state index < -0.39 is 11.5 Å². The number of halogens is 2. The van der Waals surface area contributed by atoms with E-state index in [9.17, 15) is 14.0 Å². The number of urea groups is 1. The van der Waals surface area contributed by atoms with Crippen molar-refractivity contribution in [3.8, 4) is 0 Å². The first-order valence-electron chi connectivity index (χ1n) is 6.77. The van der Waals surface area contributed by atoms with Crippen molar-refractivity contribution >= 4 is 29.2 Å². The number of rotatable bonds is 4. The lowest BCUT2D eigenvalue weighted by molar-refractivity contribution is -0.123. The third-order valence-corrected chi connectivity index (χ3v) is 3.43. The average Bonchev–Trinajstić information content (AvgIpc) is 2.99. The highest BCUT2D eigenvalue weighted by Crippen LogP contribution is 2.14. The summed E-state index contributed by atoms with van der Waals surface area (Å²) in [7, 11) is 0. The Morgan fingerprint density at radius 2 is 2.05 bits per heavy atom. The van der Waals surface area contributed by atoms with Gasteiger partial charge in [0.2, 0.25) is 0 Å². The van der Waals surface area contributed by atoms with Crippen LogP contribution in [0.5, 0.6) is 0 Å². The summed E-state index contributed by atoms with van der Waals surface area (Å²) < 4.78 is 12.5. The van der Waals surface area contributed by atoms with Gasteiger partial charge in [0.05, 0.1) is 0 Å². The molecule has 1 unspecified atom stereocenters. The van der Waals surface area contributed by atoms with Gasteiger partial charge in [0.15, 0.2) is 0 Å². The van der Waals surface area contributed by atoms with Crippen molar-refractivity contribution in [2.45, 2.75) is 25.0 Å². The molecule has 5 nitrogen and oxygen atoms in total. The van der Waals surface area contributed by atoms with E-state index in [1.54, 1.807) is 29.2 Å². The van der Waals surface area contributed by atoms with Crippen LogP contribution >= 0.6 is 11.6 Å². The van der Waals surface area contributed by atoms with Gasteiger partial charge in [-0.15, -0.1) is 0 Å². The summed E-state index contributed by atoms with van der Waals surface area (Å²) in [5, 5.41) is 5.17. The molecule has 0 radical (unpaired) electrons. The maximum absolute atomic E-state index is 12.5. The van der Waals surface area contributed by atoms with Gasteiger partial charge in [0.25, 0.3) is 11.5 Å². The predicted octanol–water partition coefficient (Wildman–Crippen LogP) is 2.46. The average molecular weight is 314 g/mol. The Balaban J connectivity index is 1.91. The minimum Gasteiger partial charge on any atom is -0.348 e. The van der Waals surface area contributed by atoms with Crippen LogP contribution in [0, 0.1) is 0 Å². The van der Waals surface area contributed by atoms with E-state index >= 15 is 0 Å². The Morgan fingerprint density at radius 3 is 2.71 bits per heavy atom. The fourth-order valence-electron chi connectivity index (χ4n) is 2.15. The number of nitrogens with zero attached hydrogens (tertiary/aromatic N) is 1. The second-order valence-electron chi connectivity index (χ2n) is 4.84. The Labute approximate surface area is 127 Å². The van der Waals surface area contributed by atoms with Gasteiger partial charge in [-0.3, -0.25) is 4.79 Å². The van der Waals surface area contributed by atoms with E-state index in [0.717, 1.165) is 31.5 Å². The van der Waals surface area contributed by atoms with Crippen LogP contribution in [0.3, 0.4) is 0 Å². The van der Waals surface area contributed by atoms with E-state index in [0.29, 0.717) is 5.69 Å². The second kappa shape index (κ2) is 7.26. The molecule has 0 saturated carbocycles. The van der Waals surface area contributed by atoms with Gasteiger partial charge in [-0.2, -0.15) is 0 Å². The first-order valence-corrected chi connectivity index (χ1v) is 7.20. The Hall–Kier alpha value is -1.82. The van der Waals surface area contributed by atoms with Crippen LogP contribution in [0.15, 0.2) is 24.3 Å².